The highest BCUT2D eigenvalue weighted by molar-refractivity contribution is 6.41. The number of carbonyl (C=O) groups excluding carboxylic acids is 1. The van der Waals surface area contributed by atoms with E-state index in [1.807, 2.05) is 0 Å². The molecule has 3 aromatic rings. The number of hydrogen-bond acceptors (Lipinski definition) is 9. The third kappa shape index (κ3) is 6.75. The molecule has 5 rings (SSSR count). The molecule has 4 heterocycles. The van der Waals surface area contributed by atoms with Gasteiger partial charge in [-0.1, -0.05) is 29.8 Å². The molecule has 43 heavy (non-hydrogen) atoms. The van der Waals surface area contributed by atoms with Gasteiger partial charge in [-0.3, -0.25) is 14.2 Å². The summed E-state index contributed by atoms with van der Waals surface area (Å²) < 4.78 is 18.0. The van der Waals surface area contributed by atoms with Crippen molar-refractivity contribution in [1.82, 2.24) is 24.8 Å². The highest BCUT2D eigenvalue weighted by Crippen LogP contribution is 2.45. The van der Waals surface area contributed by atoms with Gasteiger partial charge in [0.1, 0.15) is 17.1 Å². The first-order valence-electron chi connectivity index (χ1n) is 14.3. The third-order valence-electron chi connectivity index (χ3n) is 7.99. The fourth-order valence-corrected chi connectivity index (χ4v) is 6.25. The molecule has 0 bridgehead atoms. The predicted molar refractivity (Wildman–Crippen MR) is 168 cm³/mol. The first kappa shape index (κ1) is 31.1. The van der Waals surface area contributed by atoms with E-state index in [1.165, 1.54) is 20.3 Å². The number of aromatic nitrogens is 3. The lowest BCUT2D eigenvalue weighted by Crippen LogP contribution is -2.45. The van der Waals surface area contributed by atoms with Crippen LogP contribution in [0.5, 0.6) is 11.5 Å². The number of anilines is 1. The third-order valence-corrected chi connectivity index (χ3v) is 8.74. The lowest BCUT2D eigenvalue weighted by atomic mass is 10.0. The summed E-state index contributed by atoms with van der Waals surface area (Å²) in [6, 6.07) is 3.50. The molecular weight excluding hydrogens is 595 g/mol. The van der Waals surface area contributed by atoms with Gasteiger partial charge in [0.15, 0.2) is 0 Å². The number of likely N-dealkylation sites (tertiary alicyclic amines) is 1. The summed E-state index contributed by atoms with van der Waals surface area (Å²) in [6.07, 6.45) is 5.64. The van der Waals surface area contributed by atoms with Crippen LogP contribution in [0.3, 0.4) is 0 Å². The maximum atomic E-state index is 14.2. The van der Waals surface area contributed by atoms with Crippen LogP contribution in [0.25, 0.3) is 22.2 Å². The van der Waals surface area contributed by atoms with Gasteiger partial charge in [-0.25, -0.2) is 4.98 Å². The van der Waals surface area contributed by atoms with E-state index in [9.17, 15) is 9.59 Å². The molecule has 2 aliphatic rings. The second-order valence-corrected chi connectivity index (χ2v) is 11.4. The van der Waals surface area contributed by atoms with Gasteiger partial charge < -0.3 is 29.7 Å². The monoisotopic (exact) mass is 630 g/mol. The molecule has 0 aliphatic carbocycles. The number of rotatable bonds is 11. The summed E-state index contributed by atoms with van der Waals surface area (Å²) in [5, 5.41) is 7.90. The van der Waals surface area contributed by atoms with Crippen LogP contribution in [-0.2, 0) is 16.1 Å². The zero-order valence-electron chi connectivity index (χ0n) is 24.3. The van der Waals surface area contributed by atoms with Crippen molar-refractivity contribution in [3.05, 3.63) is 51.4 Å². The fraction of sp³-hybridized carbons (Fsp3) is 0.467. The highest BCUT2D eigenvalue weighted by Gasteiger charge is 2.25. The number of methoxy groups -OCH3 is 2. The van der Waals surface area contributed by atoms with Crippen LogP contribution in [0, 0.1) is 5.92 Å². The Morgan fingerprint density at radius 3 is 2.51 bits per heavy atom. The Labute approximate surface area is 260 Å². The number of nitrogens with one attached hydrogen (secondary N) is 2. The molecule has 2 aromatic heterocycles. The Bertz CT molecular complexity index is 1520. The van der Waals surface area contributed by atoms with E-state index in [-0.39, 0.29) is 33.1 Å². The normalized spacial score (nSPS) is 17.3. The number of nitrogens with zero attached hydrogens (tertiary/aromatic N) is 4. The summed E-state index contributed by atoms with van der Waals surface area (Å²) >= 11 is 13.4. The minimum Gasteiger partial charge on any atom is -0.495 e. The van der Waals surface area contributed by atoms with Crippen LogP contribution < -0.4 is 25.7 Å². The van der Waals surface area contributed by atoms with Crippen molar-refractivity contribution in [3.63, 3.8) is 0 Å². The minimum absolute atomic E-state index is 0.0515. The van der Waals surface area contributed by atoms with Crippen LogP contribution in [0.2, 0.25) is 10.0 Å². The summed E-state index contributed by atoms with van der Waals surface area (Å²) in [5.41, 5.74) is 0.775. The number of benzene rings is 1. The van der Waals surface area contributed by atoms with Gasteiger partial charge in [0, 0.05) is 74.5 Å². The predicted octanol–water partition coefficient (Wildman–Crippen LogP) is 4.00. The van der Waals surface area contributed by atoms with Gasteiger partial charge in [0.2, 0.25) is 11.9 Å². The molecule has 2 aliphatic heterocycles. The van der Waals surface area contributed by atoms with Crippen molar-refractivity contribution in [1.29, 1.82) is 0 Å². The average Bonchev–Trinajstić information content (AvgIpc) is 3.55. The second-order valence-electron chi connectivity index (χ2n) is 10.6. The molecule has 0 spiro atoms. The zero-order valence-corrected chi connectivity index (χ0v) is 25.8. The summed E-state index contributed by atoms with van der Waals surface area (Å²) in [7, 11) is 2.97. The molecule has 2 saturated heterocycles. The molecule has 1 amide bonds. The van der Waals surface area contributed by atoms with Crippen molar-refractivity contribution < 1.29 is 19.0 Å². The molecule has 13 heteroatoms. The number of pyridine rings is 1. The van der Waals surface area contributed by atoms with Crippen LogP contribution in [-0.4, -0.2) is 85.0 Å². The lowest BCUT2D eigenvalue weighted by Gasteiger charge is -2.32. The lowest BCUT2D eigenvalue weighted by molar-refractivity contribution is -0.127. The molecule has 11 nitrogen and oxygen atoms in total. The van der Waals surface area contributed by atoms with E-state index in [1.54, 1.807) is 27.8 Å². The first-order chi connectivity index (χ1) is 20.8. The average molecular weight is 632 g/mol. The Morgan fingerprint density at radius 2 is 1.88 bits per heavy atom. The van der Waals surface area contributed by atoms with Gasteiger partial charge in [0.05, 0.1) is 36.4 Å². The number of carbonyl (C=O) groups is 1. The topological polar surface area (TPSA) is 120 Å². The maximum Gasteiger partial charge on any atom is 0.260 e. The van der Waals surface area contributed by atoms with Crippen molar-refractivity contribution in [2.75, 3.05) is 58.9 Å². The Balaban J connectivity index is 1.48. The standard InChI is InChI=1S/C30H36Cl2N6O5/c1-4-24(39)37-9-5-20(6-10-37)33-8-11-38-28-19(16-35-30(36-28)34-15-18-7-12-43-17-18)13-21(29(38)40)25-26(31)22(41-2)14-23(42-3)27(25)32/h4,13-14,16,18,20,33H,1,5-12,15,17H2,2-3H3,(H,34,35,36). The zero-order chi connectivity index (χ0) is 30.5. The van der Waals surface area contributed by atoms with E-state index in [0.717, 1.165) is 25.9 Å². The van der Waals surface area contributed by atoms with Crippen molar-refractivity contribution in [3.8, 4) is 22.6 Å². The summed E-state index contributed by atoms with van der Waals surface area (Å²) in [5.74, 6) is 1.43. The fourth-order valence-electron chi connectivity index (χ4n) is 5.55. The number of amides is 1. The second kappa shape index (κ2) is 13.9. The summed E-state index contributed by atoms with van der Waals surface area (Å²) in [6.45, 7) is 7.86. The smallest absolute Gasteiger partial charge is 0.260 e. The van der Waals surface area contributed by atoms with Gasteiger partial charge in [-0.15, -0.1) is 0 Å². The molecule has 0 radical (unpaired) electrons. The number of halogens is 2. The largest absolute Gasteiger partial charge is 0.495 e. The van der Waals surface area contributed by atoms with Gasteiger partial charge in [-0.2, -0.15) is 4.98 Å². The van der Waals surface area contributed by atoms with Crippen LogP contribution in [0.4, 0.5) is 5.95 Å². The Hall–Kier alpha value is -3.38. The minimum atomic E-state index is -0.311. The quantitative estimate of drug-likeness (QED) is 0.303. The van der Waals surface area contributed by atoms with Gasteiger partial charge in [0.25, 0.3) is 5.56 Å². The summed E-state index contributed by atoms with van der Waals surface area (Å²) in [4.78, 5) is 37.2. The highest BCUT2D eigenvalue weighted by atomic mass is 35.5. The van der Waals surface area contributed by atoms with Crippen LogP contribution >= 0.6 is 23.2 Å². The molecule has 1 unspecified atom stereocenters. The first-order valence-corrected chi connectivity index (χ1v) is 15.1. The van der Waals surface area contributed by atoms with Crippen molar-refractivity contribution >= 4 is 46.1 Å². The van der Waals surface area contributed by atoms with Gasteiger partial charge in [-0.05, 0) is 31.4 Å². The van der Waals surface area contributed by atoms with Crippen LogP contribution in [0.15, 0.2) is 35.8 Å². The maximum absolute atomic E-state index is 14.2. The number of fused-ring (bicyclic) bond motifs is 1. The number of ether oxygens (including phenoxy) is 3. The van der Waals surface area contributed by atoms with E-state index >= 15 is 0 Å². The molecule has 1 atom stereocenters. The molecule has 1 aromatic carbocycles. The molecule has 0 saturated carbocycles. The molecular formula is C30H36Cl2N6O5. The number of piperidine rings is 1. The van der Waals surface area contributed by atoms with E-state index < -0.39 is 0 Å². The van der Waals surface area contributed by atoms with Crippen molar-refractivity contribution in [2.45, 2.75) is 31.8 Å². The Morgan fingerprint density at radius 1 is 1.16 bits per heavy atom. The molecule has 230 valence electrons. The molecule has 2 N–H and O–H groups in total. The van der Waals surface area contributed by atoms with Crippen LogP contribution in [0.1, 0.15) is 19.3 Å². The number of hydrogen-bond donors (Lipinski definition) is 2. The van der Waals surface area contributed by atoms with E-state index in [2.05, 4.69) is 22.2 Å². The van der Waals surface area contributed by atoms with E-state index in [4.69, 9.17) is 42.4 Å². The molecule has 2 fully saturated rings. The van der Waals surface area contributed by atoms with E-state index in [0.29, 0.717) is 79.3 Å². The van der Waals surface area contributed by atoms with Crippen molar-refractivity contribution in [2.24, 2.45) is 5.92 Å². The Kier molecular flexibility index (Phi) is 10.1. The van der Waals surface area contributed by atoms with Gasteiger partial charge >= 0.3 is 0 Å². The SMILES string of the molecule is C=CC(=O)N1CCC(NCCn2c(=O)c(-c3c(Cl)c(OC)cc(OC)c3Cl)cc3cnc(NCC4CCOC4)nc32)CC1.